The van der Waals surface area contributed by atoms with Crippen molar-refractivity contribution in [3.8, 4) is 0 Å². The fourth-order valence-electron chi connectivity index (χ4n) is 1.43. The second-order valence-corrected chi connectivity index (χ2v) is 3.62. The molecule has 1 aliphatic rings. The second-order valence-electron chi connectivity index (χ2n) is 3.62. The molecule has 0 saturated carbocycles. The van der Waals surface area contributed by atoms with Crippen LogP contribution in [-0.2, 0) is 0 Å². The molecule has 1 aromatic heterocycles. The van der Waals surface area contributed by atoms with Gasteiger partial charge in [0.2, 0.25) is 0 Å². The largest absolute Gasteiger partial charge is 0.386 e. The first-order chi connectivity index (χ1) is 6.27. The normalized spacial score (nSPS) is 19.5. The number of hydrogen-bond acceptors (Lipinski definition) is 3. The number of nitrogens with one attached hydrogen (secondary N) is 1. The van der Waals surface area contributed by atoms with Crippen LogP contribution in [0.3, 0.4) is 0 Å². The third kappa shape index (κ3) is 1.71. The molecule has 0 spiro atoms. The molecule has 3 nitrogen and oxygen atoms in total. The first-order valence-corrected chi connectivity index (χ1v) is 4.58. The average Bonchev–Trinajstić information content (AvgIpc) is 2.02. The van der Waals surface area contributed by atoms with Crippen molar-refractivity contribution in [3.63, 3.8) is 0 Å². The van der Waals surface area contributed by atoms with E-state index in [1.54, 1.807) is 6.20 Å². The van der Waals surface area contributed by atoms with Crippen LogP contribution < -0.4 is 5.32 Å². The topological polar surface area (TPSA) is 45.1 Å². The average molecular weight is 178 g/mol. The van der Waals surface area contributed by atoms with Gasteiger partial charge in [0.05, 0.1) is 5.69 Å². The van der Waals surface area contributed by atoms with E-state index in [2.05, 4.69) is 10.3 Å². The van der Waals surface area contributed by atoms with Crippen LogP contribution in [0.15, 0.2) is 18.3 Å². The molecular weight excluding hydrogens is 164 g/mol. The first kappa shape index (κ1) is 8.66. The minimum absolute atomic E-state index is 0.343. The van der Waals surface area contributed by atoms with E-state index >= 15 is 0 Å². The van der Waals surface area contributed by atoms with Crippen LogP contribution in [0.4, 0.5) is 0 Å². The monoisotopic (exact) mass is 178 g/mol. The van der Waals surface area contributed by atoms with Gasteiger partial charge in [-0.1, -0.05) is 6.07 Å². The zero-order chi connectivity index (χ0) is 9.26. The van der Waals surface area contributed by atoms with Crippen LogP contribution in [-0.4, -0.2) is 23.2 Å². The zero-order valence-corrected chi connectivity index (χ0v) is 7.70. The maximum Gasteiger partial charge on any atom is 0.101 e. The number of aromatic nitrogens is 1. The number of aliphatic hydroxyl groups excluding tert-OH is 1. The third-order valence-electron chi connectivity index (χ3n) is 2.50. The lowest BCUT2D eigenvalue weighted by Gasteiger charge is -2.31. The molecule has 1 aromatic rings. The molecule has 13 heavy (non-hydrogen) atoms. The van der Waals surface area contributed by atoms with Crippen molar-refractivity contribution in [2.45, 2.75) is 13.0 Å². The van der Waals surface area contributed by atoms with E-state index < -0.39 is 6.10 Å². The van der Waals surface area contributed by atoms with Gasteiger partial charge in [-0.25, -0.2) is 0 Å². The number of aryl methyl sites for hydroxylation is 1. The number of pyridine rings is 1. The Hall–Kier alpha value is -0.930. The summed E-state index contributed by atoms with van der Waals surface area (Å²) in [6, 6.07) is 3.88. The molecule has 2 rings (SSSR count). The van der Waals surface area contributed by atoms with Gasteiger partial charge in [-0.15, -0.1) is 0 Å². The lowest BCUT2D eigenvalue weighted by Crippen LogP contribution is -2.45. The van der Waals surface area contributed by atoms with Crippen LogP contribution in [0.25, 0.3) is 0 Å². The Balaban J connectivity index is 2.10. The summed E-state index contributed by atoms with van der Waals surface area (Å²) in [5, 5.41) is 13.0. The molecule has 1 fully saturated rings. The molecule has 0 radical (unpaired) electrons. The molecule has 0 bridgehead atoms. The molecular formula is C10H14N2O. The van der Waals surface area contributed by atoms with Crippen LogP contribution in [0, 0.1) is 12.8 Å². The van der Waals surface area contributed by atoms with Crippen molar-refractivity contribution in [1.29, 1.82) is 0 Å². The lowest BCUT2D eigenvalue weighted by molar-refractivity contribution is 0.0731. The molecule has 1 atom stereocenters. The molecule has 1 aliphatic heterocycles. The predicted octanol–water partition coefficient (Wildman–Crippen LogP) is 0.643. The summed E-state index contributed by atoms with van der Waals surface area (Å²) in [7, 11) is 0. The molecule has 70 valence electrons. The summed E-state index contributed by atoms with van der Waals surface area (Å²) in [5.74, 6) is 0.343. The van der Waals surface area contributed by atoms with E-state index in [9.17, 15) is 5.11 Å². The fourth-order valence-corrected chi connectivity index (χ4v) is 1.43. The van der Waals surface area contributed by atoms with Crippen LogP contribution >= 0.6 is 0 Å². The van der Waals surface area contributed by atoms with Gasteiger partial charge in [0, 0.05) is 25.2 Å². The number of hydrogen-bond donors (Lipinski definition) is 2. The van der Waals surface area contributed by atoms with Gasteiger partial charge < -0.3 is 10.4 Å². The number of nitrogens with zero attached hydrogens (tertiary/aromatic N) is 1. The van der Waals surface area contributed by atoms with Gasteiger partial charge in [-0.3, -0.25) is 4.98 Å². The van der Waals surface area contributed by atoms with Crippen molar-refractivity contribution in [2.24, 2.45) is 5.92 Å². The van der Waals surface area contributed by atoms with Crippen molar-refractivity contribution in [1.82, 2.24) is 10.3 Å². The summed E-state index contributed by atoms with van der Waals surface area (Å²) >= 11 is 0. The maximum atomic E-state index is 9.83. The van der Waals surface area contributed by atoms with E-state index in [1.165, 1.54) is 0 Å². The van der Waals surface area contributed by atoms with Crippen LogP contribution in [0.2, 0.25) is 0 Å². The predicted molar refractivity (Wildman–Crippen MR) is 50.3 cm³/mol. The van der Waals surface area contributed by atoms with Gasteiger partial charge in [-0.05, 0) is 18.6 Å². The molecule has 0 aromatic carbocycles. The Bertz CT molecular complexity index is 279. The second kappa shape index (κ2) is 3.44. The van der Waals surface area contributed by atoms with Gasteiger partial charge in [0.25, 0.3) is 0 Å². The Morgan fingerprint density at radius 2 is 2.31 bits per heavy atom. The third-order valence-corrected chi connectivity index (χ3v) is 2.50. The van der Waals surface area contributed by atoms with E-state index in [-0.39, 0.29) is 0 Å². The summed E-state index contributed by atoms with van der Waals surface area (Å²) in [5.41, 5.74) is 1.92. The summed E-state index contributed by atoms with van der Waals surface area (Å²) in [4.78, 5) is 4.20. The van der Waals surface area contributed by atoms with E-state index in [0.29, 0.717) is 5.92 Å². The lowest BCUT2D eigenvalue weighted by atomic mass is 9.94. The van der Waals surface area contributed by atoms with E-state index in [4.69, 9.17) is 0 Å². The minimum atomic E-state index is -0.401. The van der Waals surface area contributed by atoms with Crippen molar-refractivity contribution in [2.75, 3.05) is 13.1 Å². The Kier molecular flexibility index (Phi) is 2.29. The number of rotatable bonds is 2. The number of aliphatic hydroxyl groups is 1. The molecule has 3 heteroatoms. The van der Waals surface area contributed by atoms with Crippen molar-refractivity contribution in [3.05, 3.63) is 29.6 Å². The summed E-state index contributed by atoms with van der Waals surface area (Å²) in [6.45, 7) is 3.79. The van der Waals surface area contributed by atoms with Crippen molar-refractivity contribution >= 4 is 0 Å². The summed E-state index contributed by atoms with van der Waals surface area (Å²) in [6.07, 6.45) is 1.40. The quantitative estimate of drug-likeness (QED) is 0.698. The zero-order valence-electron chi connectivity index (χ0n) is 7.70. The highest BCUT2D eigenvalue weighted by atomic mass is 16.3. The highest BCUT2D eigenvalue weighted by Gasteiger charge is 2.26. The Morgan fingerprint density at radius 1 is 1.54 bits per heavy atom. The van der Waals surface area contributed by atoms with Gasteiger partial charge in [0.1, 0.15) is 6.10 Å². The van der Waals surface area contributed by atoms with E-state index in [0.717, 1.165) is 24.3 Å². The minimum Gasteiger partial charge on any atom is -0.386 e. The molecule has 0 amide bonds. The highest BCUT2D eigenvalue weighted by molar-refractivity contribution is 5.15. The van der Waals surface area contributed by atoms with Crippen LogP contribution in [0.5, 0.6) is 0 Å². The van der Waals surface area contributed by atoms with E-state index in [1.807, 2.05) is 19.1 Å². The van der Waals surface area contributed by atoms with Crippen LogP contribution in [0.1, 0.15) is 17.4 Å². The standard InChI is InChI=1S/C10H14N2O/c1-7-2-3-9(12-4-7)10(13)8-5-11-6-8/h2-4,8,10-11,13H,5-6H2,1H3. The summed E-state index contributed by atoms with van der Waals surface area (Å²) < 4.78 is 0. The van der Waals surface area contributed by atoms with Crippen molar-refractivity contribution < 1.29 is 5.11 Å². The van der Waals surface area contributed by atoms with Gasteiger partial charge in [-0.2, -0.15) is 0 Å². The first-order valence-electron chi connectivity index (χ1n) is 4.58. The Morgan fingerprint density at radius 3 is 2.77 bits per heavy atom. The van der Waals surface area contributed by atoms with Gasteiger partial charge in [0.15, 0.2) is 0 Å². The molecule has 2 N–H and O–H groups in total. The maximum absolute atomic E-state index is 9.83. The smallest absolute Gasteiger partial charge is 0.101 e. The van der Waals surface area contributed by atoms with Gasteiger partial charge >= 0.3 is 0 Å². The SMILES string of the molecule is Cc1ccc(C(O)C2CNC2)nc1. The fraction of sp³-hybridized carbons (Fsp3) is 0.500. The molecule has 0 aliphatic carbocycles. The molecule has 2 heterocycles. The Labute approximate surface area is 77.8 Å². The molecule has 1 saturated heterocycles. The highest BCUT2D eigenvalue weighted by Crippen LogP contribution is 2.22. The molecule has 1 unspecified atom stereocenters.